The molecule has 1 N–H and O–H groups in total. The number of likely N-dealkylation sites (N-methyl/N-ethyl adjacent to an activating group) is 1. The van der Waals surface area contributed by atoms with Crippen molar-refractivity contribution in [1.82, 2.24) is 24.5 Å². The largest absolute Gasteiger partial charge is 0.493 e. The van der Waals surface area contributed by atoms with Gasteiger partial charge < -0.3 is 24.4 Å². The first-order valence-electron chi connectivity index (χ1n) is 15.1. The quantitative estimate of drug-likeness (QED) is 0.352. The molecular formula is C33H37N5O6S. The van der Waals surface area contributed by atoms with Gasteiger partial charge in [0.05, 0.1) is 37.6 Å². The Bertz CT molecular complexity index is 1750. The minimum Gasteiger partial charge on any atom is -0.493 e. The molecule has 45 heavy (non-hydrogen) atoms. The molecule has 0 radical (unpaired) electrons. The third-order valence-electron chi connectivity index (χ3n) is 7.77. The highest BCUT2D eigenvalue weighted by molar-refractivity contribution is 7.15. The molecule has 0 unspecified atom stereocenters. The van der Waals surface area contributed by atoms with Crippen molar-refractivity contribution in [2.24, 2.45) is 5.92 Å². The smallest absolute Gasteiger partial charge is 0.258 e. The number of carbonyl (C=O) groups excluding carboxylic acids is 2. The van der Waals surface area contributed by atoms with Crippen LogP contribution in [0.1, 0.15) is 41.9 Å². The Morgan fingerprint density at radius 3 is 2.82 bits per heavy atom. The highest BCUT2D eigenvalue weighted by Crippen LogP contribution is 2.30. The fourth-order valence-electron chi connectivity index (χ4n) is 5.55. The number of hydrogen-bond acceptors (Lipinski definition) is 9. The van der Waals surface area contributed by atoms with Crippen molar-refractivity contribution < 1.29 is 23.8 Å². The van der Waals surface area contributed by atoms with Gasteiger partial charge in [-0.3, -0.25) is 23.7 Å². The molecule has 1 fully saturated rings. The van der Waals surface area contributed by atoms with Crippen LogP contribution in [-0.4, -0.2) is 76.4 Å². The number of likely N-dealkylation sites (tertiary alicyclic amines) is 1. The van der Waals surface area contributed by atoms with Gasteiger partial charge in [-0.05, 0) is 42.2 Å². The number of amides is 2. The molecule has 0 aliphatic carbocycles. The van der Waals surface area contributed by atoms with E-state index in [1.54, 1.807) is 37.5 Å². The summed E-state index contributed by atoms with van der Waals surface area (Å²) in [6.07, 6.45) is 2.03. The summed E-state index contributed by atoms with van der Waals surface area (Å²) in [7, 11) is 1.60. The first kappa shape index (κ1) is 30.8. The lowest BCUT2D eigenvalue weighted by molar-refractivity contribution is -0.125. The highest BCUT2D eigenvalue weighted by Gasteiger charge is 2.32. The maximum atomic E-state index is 13.5. The standard InChI is InChI=1S/C33H37N5O6S/c1-21(2)19-42-26-12-23-13-27(15-26)44-25-6-4-5-22(11-25)20-43-29-17-37(8-7-28(29)35-30(39)18-36(3)32(23)41)16-24-14-31(40)38-9-10-45-33(38)34-24/h4-6,9-15,21,28-29H,7-8,16-20H2,1-3H3,(H,35,39)/t28-,29-/m0/s1. The summed E-state index contributed by atoms with van der Waals surface area (Å²) >= 11 is 1.42. The van der Waals surface area contributed by atoms with E-state index in [0.717, 1.165) is 5.56 Å². The number of ether oxygens (including phenoxy) is 3. The van der Waals surface area contributed by atoms with E-state index >= 15 is 0 Å². The molecule has 2 aliphatic rings. The van der Waals surface area contributed by atoms with Gasteiger partial charge >= 0.3 is 0 Å². The Kier molecular flexibility index (Phi) is 9.15. The predicted octanol–water partition coefficient (Wildman–Crippen LogP) is 3.94. The van der Waals surface area contributed by atoms with Crippen LogP contribution in [0.3, 0.4) is 0 Å². The van der Waals surface area contributed by atoms with Gasteiger partial charge in [0, 0.05) is 56.0 Å². The monoisotopic (exact) mass is 631 g/mol. The maximum absolute atomic E-state index is 13.5. The molecule has 4 bridgehead atoms. The van der Waals surface area contributed by atoms with Crippen LogP contribution in [0.2, 0.25) is 0 Å². The molecule has 236 valence electrons. The van der Waals surface area contributed by atoms with E-state index in [4.69, 9.17) is 14.2 Å². The molecule has 11 nitrogen and oxygen atoms in total. The molecule has 0 spiro atoms. The maximum Gasteiger partial charge on any atom is 0.258 e. The Hall–Kier alpha value is -4.26. The van der Waals surface area contributed by atoms with Crippen molar-refractivity contribution in [3.8, 4) is 17.2 Å². The number of aromatic nitrogens is 2. The van der Waals surface area contributed by atoms with Gasteiger partial charge in [-0.1, -0.05) is 26.0 Å². The summed E-state index contributed by atoms with van der Waals surface area (Å²) < 4.78 is 20.1. The zero-order chi connectivity index (χ0) is 31.5. The van der Waals surface area contributed by atoms with Crippen molar-refractivity contribution >= 4 is 28.1 Å². The van der Waals surface area contributed by atoms with Crippen molar-refractivity contribution in [3.63, 3.8) is 0 Å². The SMILES string of the molecule is CC(C)COc1cc2cc(c1)C(=O)N(C)CC(=O)N[C@H]1CCN(Cc3cc(=O)n4ccsc4n3)C[C@@H]1OCc1cccc(c1)O2. The van der Waals surface area contributed by atoms with Gasteiger partial charge in [-0.2, -0.15) is 0 Å². The van der Waals surface area contributed by atoms with Crippen molar-refractivity contribution in [2.75, 3.05) is 33.3 Å². The molecule has 4 heterocycles. The van der Waals surface area contributed by atoms with Crippen LogP contribution < -0.4 is 20.3 Å². The zero-order valence-corrected chi connectivity index (χ0v) is 26.4. The number of carbonyl (C=O) groups is 2. The predicted molar refractivity (Wildman–Crippen MR) is 170 cm³/mol. The molecule has 4 aromatic rings. The van der Waals surface area contributed by atoms with Crippen LogP contribution in [0, 0.1) is 5.92 Å². The molecule has 12 heteroatoms. The number of rotatable bonds is 5. The van der Waals surface area contributed by atoms with Crippen molar-refractivity contribution in [3.05, 3.63) is 87.3 Å². The summed E-state index contributed by atoms with van der Waals surface area (Å²) in [5.41, 5.74) is 1.87. The lowest BCUT2D eigenvalue weighted by Crippen LogP contribution is -2.56. The molecule has 6 rings (SSSR count). The van der Waals surface area contributed by atoms with Crippen molar-refractivity contribution in [2.45, 2.75) is 45.6 Å². The Morgan fingerprint density at radius 2 is 1.98 bits per heavy atom. The van der Waals surface area contributed by atoms with Crippen LogP contribution in [0.15, 0.2) is 64.9 Å². The lowest BCUT2D eigenvalue weighted by Gasteiger charge is -2.38. The summed E-state index contributed by atoms with van der Waals surface area (Å²) in [5, 5.41) is 4.97. The Balaban J connectivity index is 1.24. The van der Waals surface area contributed by atoms with E-state index in [0.29, 0.717) is 78.7 Å². The zero-order valence-electron chi connectivity index (χ0n) is 25.6. The normalized spacial score (nSPS) is 19.7. The minimum absolute atomic E-state index is 0.106. The van der Waals surface area contributed by atoms with Crippen molar-refractivity contribution in [1.29, 1.82) is 0 Å². The lowest BCUT2D eigenvalue weighted by atomic mass is 10.0. The number of thiazole rings is 1. The second-order valence-corrected chi connectivity index (χ2v) is 12.9. The number of benzene rings is 2. The second kappa shape index (κ2) is 13.4. The Labute approximate surface area is 265 Å². The van der Waals surface area contributed by atoms with E-state index in [1.807, 2.05) is 29.6 Å². The Morgan fingerprint density at radius 1 is 1.11 bits per heavy atom. The van der Waals surface area contributed by atoms with Crippen LogP contribution >= 0.6 is 11.3 Å². The van der Waals surface area contributed by atoms with E-state index < -0.39 is 0 Å². The molecule has 2 amide bonds. The molecule has 2 atom stereocenters. The van der Waals surface area contributed by atoms with E-state index in [9.17, 15) is 14.4 Å². The number of nitrogens with zero attached hydrogens (tertiary/aromatic N) is 4. The average molecular weight is 632 g/mol. The van der Waals surface area contributed by atoms with Crippen LogP contribution in [0.25, 0.3) is 4.96 Å². The first-order chi connectivity index (χ1) is 21.7. The topological polar surface area (TPSA) is 115 Å². The number of nitrogens with one attached hydrogen (secondary N) is 1. The third-order valence-corrected chi connectivity index (χ3v) is 8.52. The molecule has 2 aromatic heterocycles. The number of fused-ring (bicyclic) bond motifs is 6. The van der Waals surface area contributed by atoms with E-state index in [-0.39, 0.29) is 36.1 Å². The first-order valence-corrected chi connectivity index (χ1v) is 16.0. The number of piperidine rings is 1. The van der Waals surface area contributed by atoms with E-state index in [2.05, 4.69) is 29.0 Å². The fourth-order valence-corrected chi connectivity index (χ4v) is 6.29. The number of hydrogen-bond donors (Lipinski definition) is 1. The van der Waals surface area contributed by atoms with Gasteiger partial charge in [-0.15, -0.1) is 11.3 Å². The van der Waals surface area contributed by atoms with E-state index in [1.165, 1.54) is 20.6 Å². The van der Waals surface area contributed by atoms with Gasteiger partial charge in [0.1, 0.15) is 17.2 Å². The molecule has 0 saturated carbocycles. The molecule has 2 aliphatic heterocycles. The molecule has 2 aromatic carbocycles. The van der Waals surface area contributed by atoms with Gasteiger partial charge in [0.15, 0.2) is 4.96 Å². The van der Waals surface area contributed by atoms with Crippen LogP contribution in [-0.2, 0) is 22.7 Å². The minimum atomic E-state index is -0.332. The van der Waals surface area contributed by atoms with Crippen LogP contribution in [0.4, 0.5) is 0 Å². The third kappa shape index (κ3) is 7.52. The summed E-state index contributed by atoms with van der Waals surface area (Å²) in [6.45, 7) is 6.49. The van der Waals surface area contributed by atoms with Gasteiger partial charge in [-0.25, -0.2) is 4.98 Å². The second-order valence-electron chi connectivity index (χ2n) is 12.0. The fraction of sp³-hybridized carbons (Fsp3) is 0.394. The molecular weight excluding hydrogens is 594 g/mol. The van der Waals surface area contributed by atoms with Crippen LogP contribution in [0.5, 0.6) is 17.2 Å². The molecule has 1 saturated heterocycles. The van der Waals surface area contributed by atoms with Gasteiger partial charge in [0.25, 0.3) is 11.5 Å². The summed E-state index contributed by atoms with van der Waals surface area (Å²) in [5.74, 6) is 1.29. The highest BCUT2D eigenvalue weighted by atomic mass is 32.1. The summed E-state index contributed by atoms with van der Waals surface area (Å²) in [4.78, 5) is 48.2. The van der Waals surface area contributed by atoms with Gasteiger partial charge in [0.2, 0.25) is 5.91 Å². The average Bonchev–Trinajstić information content (AvgIpc) is 3.49. The summed E-state index contributed by atoms with van der Waals surface area (Å²) in [6, 6.07) is 14.0.